The van der Waals surface area contributed by atoms with Gasteiger partial charge in [0.1, 0.15) is 0 Å². The van der Waals surface area contributed by atoms with Gasteiger partial charge in [0, 0.05) is 19.1 Å². The zero-order chi connectivity index (χ0) is 10.1. The highest BCUT2D eigenvalue weighted by molar-refractivity contribution is 6.06. The highest BCUT2D eigenvalue weighted by Crippen LogP contribution is 2.12. The SMILES string of the molecule is C/C(O)=C1\C(=O)OCc2cccc[n+]21. The van der Waals surface area contributed by atoms with E-state index >= 15 is 0 Å². The minimum absolute atomic E-state index is 0.0350. The molecule has 0 aliphatic carbocycles. The van der Waals surface area contributed by atoms with Gasteiger partial charge in [-0.1, -0.05) is 0 Å². The molecule has 1 aliphatic rings. The fourth-order valence-electron chi connectivity index (χ4n) is 1.44. The summed E-state index contributed by atoms with van der Waals surface area (Å²) in [6.07, 6.45) is 1.73. The predicted molar refractivity (Wildman–Crippen MR) is 48.0 cm³/mol. The van der Waals surface area contributed by atoms with Gasteiger partial charge < -0.3 is 9.84 Å². The number of pyridine rings is 1. The number of aromatic nitrogens is 1. The maximum absolute atomic E-state index is 11.3. The first-order chi connectivity index (χ1) is 6.70. The first-order valence-electron chi connectivity index (χ1n) is 4.27. The van der Waals surface area contributed by atoms with E-state index in [1.165, 1.54) is 6.92 Å². The molecular weight excluding hydrogens is 182 g/mol. The van der Waals surface area contributed by atoms with E-state index in [2.05, 4.69) is 0 Å². The van der Waals surface area contributed by atoms with E-state index in [0.717, 1.165) is 5.69 Å². The second-order valence-corrected chi connectivity index (χ2v) is 3.07. The van der Waals surface area contributed by atoms with Gasteiger partial charge in [-0.3, -0.25) is 0 Å². The Morgan fingerprint density at radius 2 is 2.36 bits per heavy atom. The number of aliphatic hydroxyl groups excluding tert-OH is 1. The third-order valence-corrected chi connectivity index (χ3v) is 2.07. The summed E-state index contributed by atoms with van der Waals surface area (Å²) < 4.78 is 6.54. The number of hydrogen-bond acceptors (Lipinski definition) is 3. The Kier molecular flexibility index (Phi) is 1.96. The standard InChI is InChI=1S/C10H9NO3/c1-7(12)9-10(13)14-6-8-4-2-3-5-11(8)9/h2-5H,6H2,1H3/p+1. The zero-order valence-electron chi connectivity index (χ0n) is 7.73. The van der Waals surface area contributed by atoms with Crippen LogP contribution in [0.4, 0.5) is 0 Å². The van der Waals surface area contributed by atoms with E-state index in [-0.39, 0.29) is 18.1 Å². The highest BCUT2D eigenvalue weighted by atomic mass is 16.5. The summed E-state index contributed by atoms with van der Waals surface area (Å²) in [5, 5.41) is 9.35. The number of aliphatic hydroxyl groups is 1. The molecule has 0 unspecified atom stereocenters. The molecule has 0 bridgehead atoms. The molecule has 4 heteroatoms. The molecule has 4 nitrogen and oxygen atoms in total. The molecule has 0 radical (unpaired) electrons. The van der Waals surface area contributed by atoms with Crippen LogP contribution in [-0.2, 0) is 16.1 Å². The van der Waals surface area contributed by atoms with E-state index in [1.807, 2.05) is 12.1 Å². The topological polar surface area (TPSA) is 50.4 Å². The summed E-state index contributed by atoms with van der Waals surface area (Å²) >= 11 is 0. The normalized spacial score (nSPS) is 18.5. The Labute approximate surface area is 81.1 Å². The van der Waals surface area contributed by atoms with Crippen molar-refractivity contribution in [2.24, 2.45) is 0 Å². The monoisotopic (exact) mass is 192 g/mol. The van der Waals surface area contributed by atoms with Crippen molar-refractivity contribution in [3.05, 3.63) is 35.8 Å². The molecule has 0 saturated carbocycles. The quantitative estimate of drug-likeness (QED) is 0.286. The average Bonchev–Trinajstić information content (AvgIpc) is 2.17. The van der Waals surface area contributed by atoms with Gasteiger partial charge in [0.25, 0.3) is 0 Å². The largest absolute Gasteiger partial charge is 0.506 e. The summed E-state index contributed by atoms with van der Waals surface area (Å²) in [5.74, 6) is -0.527. The number of rotatable bonds is 0. The van der Waals surface area contributed by atoms with E-state index in [0.29, 0.717) is 0 Å². The second-order valence-electron chi connectivity index (χ2n) is 3.07. The smallest absolute Gasteiger partial charge is 0.408 e. The van der Waals surface area contributed by atoms with Crippen molar-refractivity contribution in [3.8, 4) is 0 Å². The van der Waals surface area contributed by atoms with E-state index in [4.69, 9.17) is 4.74 Å². The van der Waals surface area contributed by atoms with Crippen LogP contribution < -0.4 is 4.57 Å². The second kappa shape index (κ2) is 3.14. The molecule has 1 aromatic heterocycles. The van der Waals surface area contributed by atoms with Gasteiger partial charge in [-0.25, -0.2) is 4.79 Å². The molecule has 1 aliphatic heterocycles. The first kappa shape index (κ1) is 8.74. The molecule has 0 aromatic carbocycles. The Hall–Kier alpha value is -1.84. The van der Waals surface area contributed by atoms with Gasteiger partial charge >= 0.3 is 11.7 Å². The van der Waals surface area contributed by atoms with Crippen molar-refractivity contribution in [2.45, 2.75) is 13.5 Å². The summed E-state index contributed by atoms with van der Waals surface area (Å²) in [5.41, 5.74) is 1.03. The van der Waals surface area contributed by atoms with Gasteiger partial charge in [-0.2, -0.15) is 4.57 Å². The number of allylic oxidation sites excluding steroid dienone is 1. The van der Waals surface area contributed by atoms with Crippen molar-refractivity contribution in [1.82, 2.24) is 0 Å². The van der Waals surface area contributed by atoms with Crippen LogP contribution in [0, 0.1) is 0 Å². The molecule has 1 N–H and O–H groups in total. The van der Waals surface area contributed by atoms with Crippen molar-refractivity contribution < 1.29 is 19.2 Å². The maximum atomic E-state index is 11.3. The van der Waals surface area contributed by atoms with Crippen molar-refractivity contribution in [2.75, 3.05) is 0 Å². The predicted octanol–water partition coefficient (Wildman–Crippen LogP) is 0.777. The van der Waals surface area contributed by atoms with Gasteiger partial charge in [0.05, 0.1) is 0 Å². The van der Waals surface area contributed by atoms with Crippen LogP contribution in [-0.4, -0.2) is 11.1 Å². The van der Waals surface area contributed by atoms with E-state index < -0.39 is 5.97 Å². The molecule has 72 valence electrons. The van der Waals surface area contributed by atoms with Crippen LogP contribution >= 0.6 is 0 Å². The van der Waals surface area contributed by atoms with Crippen LogP contribution in [0.5, 0.6) is 0 Å². The first-order valence-corrected chi connectivity index (χ1v) is 4.27. The van der Waals surface area contributed by atoms with Crippen LogP contribution in [0.25, 0.3) is 5.70 Å². The number of carbonyl (C=O) groups is 1. The third-order valence-electron chi connectivity index (χ3n) is 2.07. The molecule has 2 heterocycles. The Morgan fingerprint density at radius 1 is 1.57 bits per heavy atom. The summed E-state index contributed by atoms with van der Waals surface area (Å²) in [4.78, 5) is 11.3. The number of carbonyl (C=O) groups excluding carboxylic acids is 1. The van der Waals surface area contributed by atoms with Crippen LogP contribution in [0.15, 0.2) is 30.2 Å². The lowest BCUT2D eigenvalue weighted by atomic mass is 10.2. The summed E-state index contributed by atoms with van der Waals surface area (Å²) in [6.45, 7) is 1.71. The Balaban J connectivity index is 2.64. The molecule has 14 heavy (non-hydrogen) atoms. The number of esters is 1. The minimum Gasteiger partial charge on any atom is -0.506 e. The zero-order valence-corrected chi connectivity index (χ0v) is 7.73. The lowest BCUT2D eigenvalue weighted by Crippen LogP contribution is -2.45. The van der Waals surface area contributed by atoms with E-state index in [9.17, 15) is 9.90 Å². The number of hydrogen-bond donors (Lipinski definition) is 1. The molecule has 0 fully saturated rings. The lowest BCUT2D eigenvalue weighted by Gasteiger charge is -2.11. The van der Waals surface area contributed by atoms with Crippen molar-refractivity contribution in [3.63, 3.8) is 0 Å². The molecule has 0 amide bonds. The molecule has 1 aromatic rings. The average molecular weight is 192 g/mol. The highest BCUT2D eigenvalue weighted by Gasteiger charge is 2.33. The number of ether oxygens (including phenoxy) is 1. The Bertz CT molecular complexity index is 419. The number of nitrogens with zero attached hydrogens (tertiary/aromatic N) is 1. The third kappa shape index (κ3) is 1.25. The van der Waals surface area contributed by atoms with Gasteiger partial charge in [-0.15, -0.1) is 0 Å². The summed E-state index contributed by atoms with van der Waals surface area (Å²) in [7, 11) is 0. The molecular formula is C10H10NO3+. The van der Waals surface area contributed by atoms with Crippen molar-refractivity contribution in [1.29, 1.82) is 0 Å². The van der Waals surface area contributed by atoms with E-state index in [1.54, 1.807) is 16.8 Å². The number of cyclic esters (lactones) is 1. The molecule has 0 atom stereocenters. The molecule has 0 saturated heterocycles. The maximum Gasteiger partial charge on any atom is 0.408 e. The van der Waals surface area contributed by atoms with Gasteiger partial charge in [0.15, 0.2) is 18.6 Å². The fourth-order valence-corrected chi connectivity index (χ4v) is 1.44. The summed E-state index contributed by atoms with van der Waals surface area (Å²) in [6, 6.07) is 5.50. The fraction of sp³-hybridized carbons (Fsp3) is 0.200. The lowest BCUT2D eigenvalue weighted by molar-refractivity contribution is -0.596. The van der Waals surface area contributed by atoms with Crippen molar-refractivity contribution >= 4 is 11.7 Å². The Morgan fingerprint density at radius 3 is 3.07 bits per heavy atom. The van der Waals surface area contributed by atoms with Crippen LogP contribution in [0.3, 0.4) is 0 Å². The van der Waals surface area contributed by atoms with Gasteiger partial charge in [-0.05, 0) is 6.07 Å². The van der Waals surface area contributed by atoms with Gasteiger partial charge in [0.2, 0.25) is 5.69 Å². The van der Waals surface area contributed by atoms with Crippen LogP contribution in [0.1, 0.15) is 12.6 Å². The number of fused-ring (bicyclic) bond motifs is 1. The van der Waals surface area contributed by atoms with Crippen LogP contribution in [0.2, 0.25) is 0 Å². The molecule has 2 rings (SSSR count). The minimum atomic E-state index is -0.492. The molecule has 0 spiro atoms.